The Bertz CT molecular complexity index is 381. The van der Waals surface area contributed by atoms with Gasteiger partial charge in [0.2, 0.25) is 0 Å². The van der Waals surface area contributed by atoms with E-state index in [0.717, 1.165) is 25.1 Å². The quantitative estimate of drug-likeness (QED) is 0.859. The van der Waals surface area contributed by atoms with Gasteiger partial charge in [-0.2, -0.15) is 0 Å². The molecule has 1 aromatic carbocycles. The van der Waals surface area contributed by atoms with Crippen molar-refractivity contribution in [2.24, 2.45) is 5.92 Å². The van der Waals surface area contributed by atoms with Gasteiger partial charge in [0.05, 0.1) is 0 Å². The lowest BCUT2D eigenvalue weighted by Crippen LogP contribution is -2.43. The van der Waals surface area contributed by atoms with Crippen LogP contribution in [0.1, 0.15) is 18.9 Å². The summed E-state index contributed by atoms with van der Waals surface area (Å²) in [6.45, 7) is 4.39. The van der Waals surface area contributed by atoms with Crippen molar-refractivity contribution in [1.29, 1.82) is 0 Å². The average molecular weight is 248 g/mol. The van der Waals surface area contributed by atoms with Crippen LogP contribution < -0.4 is 10.6 Å². The van der Waals surface area contributed by atoms with Crippen LogP contribution in [0.15, 0.2) is 30.3 Å². The molecule has 0 bridgehead atoms. The minimum atomic E-state index is -0.334. The molecule has 0 aromatic heterocycles. The fourth-order valence-electron chi connectivity index (χ4n) is 2.07. The van der Waals surface area contributed by atoms with E-state index in [1.54, 1.807) is 0 Å². The van der Waals surface area contributed by atoms with E-state index in [-0.39, 0.29) is 12.2 Å². The van der Waals surface area contributed by atoms with Crippen LogP contribution in [0.4, 0.5) is 4.79 Å². The zero-order valence-electron chi connectivity index (χ0n) is 10.7. The van der Waals surface area contributed by atoms with Crippen molar-refractivity contribution < 1.29 is 9.53 Å². The molecular formula is C14H20N2O2. The highest BCUT2D eigenvalue weighted by atomic mass is 16.6. The Balaban J connectivity index is 1.75. The lowest BCUT2D eigenvalue weighted by atomic mass is 9.97. The first-order valence-corrected chi connectivity index (χ1v) is 6.45. The maximum absolute atomic E-state index is 11.7. The fourth-order valence-corrected chi connectivity index (χ4v) is 2.07. The van der Waals surface area contributed by atoms with Crippen LogP contribution in [0.3, 0.4) is 0 Å². The maximum Gasteiger partial charge on any atom is 0.407 e. The van der Waals surface area contributed by atoms with Crippen LogP contribution in [0.2, 0.25) is 0 Å². The van der Waals surface area contributed by atoms with Gasteiger partial charge in [-0.3, -0.25) is 0 Å². The third-order valence-electron chi connectivity index (χ3n) is 3.29. The Labute approximate surface area is 108 Å². The van der Waals surface area contributed by atoms with Crippen molar-refractivity contribution in [2.75, 3.05) is 13.1 Å². The molecule has 1 aliphatic heterocycles. The molecule has 0 radical (unpaired) electrons. The first-order valence-electron chi connectivity index (χ1n) is 6.45. The van der Waals surface area contributed by atoms with E-state index >= 15 is 0 Å². The molecule has 1 saturated heterocycles. The number of carbonyl (C=O) groups excluding carboxylic acids is 1. The molecule has 2 N–H and O–H groups in total. The third-order valence-corrected chi connectivity index (χ3v) is 3.29. The van der Waals surface area contributed by atoms with Gasteiger partial charge in [0.15, 0.2) is 0 Å². The van der Waals surface area contributed by atoms with Gasteiger partial charge in [0, 0.05) is 13.1 Å². The first kappa shape index (κ1) is 12.9. The van der Waals surface area contributed by atoms with E-state index in [9.17, 15) is 4.79 Å². The summed E-state index contributed by atoms with van der Waals surface area (Å²) in [5.74, 6) is 0.425. The van der Waals surface area contributed by atoms with Gasteiger partial charge in [-0.05, 0) is 24.4 Å². The van der Waals surface area contributed by atoms with Crippen LogP contribution in [0, 0.1) is 5.92 Å². The molecule has 2 atom stereocenters. The van der Waals surface area contributed by atoms with E-state index < -0.39 is 0 Å². The summed E-state index contributed by atoms with van der Waals surface area (Å²) in [4.78, 5) is 11.7. The molecule has 4 heteroatoms. The molecule has 1 aliphatic rings. The number of hydrogen-bond acceptors (Lipinski definition) is 3. The lowest BCUT2D eigenvalue weighted by molar-refractivity contribution is 0.0517. The van der Waals surface area contributed by atoms with Crippen molar-refractivity contribution >= 4 is 6.09 Å². The SMILES string of the molecule is CC1CCNCC1OC(=O)NCc1ccccc1. The highest BCUT2D eigenvalue weighted by Gasteiger charge is 2.24. The minimum absolute atomic E-state index is 0.0190. The molecule has 0 spiro atoms. The Morgan fingerprint density at radius 1 is 1.44 bits per heavy atom. The number of ether oxygens (including phenoxy) is 1. The number of nitrogens with one attached hydrogen (secondary N) is 2. The Hall–Kier alpha value is -1.55. The standard InChI is InChI=1S/C14H20N2O2/c1-11-7-8-15-10-13(11)18-14(17)16-9-12-5-3-2-4-6-12/h2-6,11,13,15H,7-10H2,1H3,(H,16,17). The zero-order valence-corrected chi connectivity index (χ0v) is 10.7. The minimum Gasteiger partial charge on any atom is -0.445 e. The number of amides is 1. The Morgan fingerprint density at radius 3 is 2.94 bits per heavy atom. The van der Waals surface area contributed by atoms with Crippen molar-refractivity contribution in [3.8, 4) is 0 Å². The molecule has 18 heavy (non-hydrogen) atoms. The summed E-state index contributed by atoms with van der Waals surface area (Å²) in [7, 11) is 0. The van der Waals surface area contributed by atoms with Crippen LogP contribution in [-0.2, 0) is 11.3 Å². The molecule has 0 aliphatic carbocycles. The molecule has 1 amide bonds. The lowest BCUT2D eigenvalue weighted by Gasteiger charge is -2.29. The maximum atomic E-state index is 11.7. The van der Waals surface area contributed by atoms with Crippen molar-refractivity contribution in [3.63, 3.8) is 0 Å². The topological polar surface area (TPSA) is 50.4 Å². The third kappa shape index (κ3) is 3.74. The summed E-state index contributed by atoms with van der Waals surface area (Å²) >= 11 is 0. The smallest absolute Gasteiger partial charge is 0.407 e. The van der Waals surface area contributed by atoms with Crippen LogP contribution in [0.25, 0.3) is 0 Å². The van der Waals surface area contributed by atoms with Crippen LogP contribution in [-0.4, -0.2) is 25.3 Å². The number of benzene rings is 1. The summed E-state index contributed by atoms with van der Waals surface area (Å²) in [6, 6.07) is 9.82. The van der Waals surface area contributed by atoms with E-state index in [1.807, 2.05) is 30.3 Å². The number of piperidine rings is 1. The summed E-state index contributed by atoms with van der Waals surface area (Å²) in [5.41, 5.74) is 1.07. The van der Waals surface area contributed by atoms with Gasteiger partial charge in [-0.25, -0.2) is 4.79 Å². The Morgan fingerprint density at radius 2 is 2.22 bits per heavy atom. The molecule has 1 fully saturated rings. The summed E-state index contributed by atoms with van der Waals surface area (Å²) < 4.78 is 5.41. The number of carbonyl (C=O) groups is 1. The monoisotopic (exact) mass is 248 g/mol. The van der Waals surface area contributed by atoms with Crippen molar-refractivity contribution in [2.45, 2.75) is 26.0 Å². The molecule has 2 unspecified atom stereocenters. The molecule has 0 saturated carbocycles. The van der Waals surface area contributed by atoms with Gasteiger partial charge < -0.3 is 15.4 Å². The molecule has 98 valence electrons. The highest BCUT2D eigenvalue weighted by Crippen LogP contribution is 2.14. The van der Waals surface area contributed by atoms with Gasteiger partial charge in [-0.15, -0.1) is 0 Å². The number of alkyl carbamates (subject to hydrolysis) is 1. The van der Waals surface area contributed by atoms with Gasteiger partial charge in [0.1, 0.15) is 6.10 Å². The largest absolute Gasteiger partial charge is 0.445 e. The molecule has 1 heterocycles. The van der Waals surface area contributed by atoms with E-state index in [1.165, 1.54) is 0 Å². The molecule has 4 nitrogen and oxygen atoms in total. The van der Waals surface area contributed by atoms with Crippen molar-refractivity contribution in [1.82, 2.24) is 10.6 Å². The predicted octanol–water partition coefficient (Wildman–Crippen LogP) is 1.91. The number of hydrogen-bond donors (Lipinski definition) is 2. The fraction of sp³-hybridized carbons (Fsp3) is 0.500. The molecule has 1 aromatic rings. The van der Waals surface area contributed by atoms with Crippen LogP contribution in [0.5, 0.6) is 0 Å². The number of rotatable bonds is 3. The highest BCUT2D eigenvalue weighted by molar-refractivity contribution is 5.67. The second kappa shape index (κ2) is 6.40. The molecular weight excluding hydrogens is 228 g/mol. The zero-order chi connectivity index (χ0) is 12.8. The Kier molecular flexibility index (Phi) is 4.59. The van der Waals surface area contributed by atoms with E-state index in [4.69, 9.17) is 4.74 Å². The van der Waals surface area contributed by atoms with Gasteiger partial charge in [-0.1, -0.05) is 37.3 Å². The van der Waals surface area contributed by atoms with Crippen LogP contribution >= 0.6 is 0 Å². The molecule has 2 rings (SSSR count). The summed E-state index contributed by atoms with van der Waals surface area (Å²) in [5, 5.41) is 6.02. The van der Waals surface area contributed by atoms with Gasteiger partial charge >= 0.3 is 6.09 Å². The van der Waals surface area contributed by atoms with Crippen molar-refractivity contribution in [3.05, 3.63) is 35.9 Å². The summed E-state index contributed by atoms with van der Waals surface area (Å²) in [6.07, 6.45) is 0.699. The normalized spacial score (nSPS) is 23.4. The van der Waals surface area contributed by atoms with E-state index in [2.05, 4.69) is 17.6 Å². The van der Waals surface area contributed by atoms with Gasteiger partial charge in [0.25, 0.3) is 0 Å². The predicted molar refractivity (Wildman–Crippen MR) is 70.2 cm³/mol. The average Bonchev–Trinajstić information content (AvgIpc) is 2.40. The first-order chi connectivity index (χ1) is 8.75. The van der Waals surface area contributed by atoms with E-state index in [0.29, 0.717) is 12.5 Å². The second-order valence-corrected chi connectivity index (χ2v) is 4.75. The second-order valence-electron chi connectivity index (χ2n) is 4.75.